The Labute approximate surface area is 137 Å². The zero-order valence-corrected chi connectivity index (χ0v) is 12.8. The van der Waals surface area contributed by atoms with Crippen LogP contribution < -0.4 is 16.4 Å². The molecule has 0 bridgehead atoms. The topological polar surface area (TPSA) is 159 Å². The van der Waals surface area contributed by atoms with Gasteiger partial charge in [0.05, 0.1) is 13.0 Å². The summed E-state index contributed by atoms with van der Waals surface area (Å²) in [5.41, 5.74) is 5.95. The van der Waals surface area contributed by atoms with Crippen molar-refractivity contribution in [3.63, 3.8) is 0 Å². The Morgan fingerprint density at radius 3 is 2.12 bits per heavy atom. The fourth-order valence-electron chi connectivity index (χ4n) is 1.96. The summed E-state index contributed by atoms with van der Waals surface area (Å²) >= 11 is 0. The molecule has 0 aliphatic rings. The van der Waals surface area contributed by atoms with Gasteiger partial charge in [0, 0.05) is 6.42 Å². The third kappa shape index (κ3) is 6.44. The van der Waals surface area contributed by atoms with E-state index in [9.17, 15) is 19.2 Å². The molecule has 6 N–H and O–H groups in total. The van der Waals surface area contributed by atoms with Gasteiger partial charge in [-0.1, -0.05) is 30.3 Å². The normalized spacial score (nSPS) is 12.7. The number of nitrogens with two attached hydrogens (primary N) is 1. The second-order valence-corrected chi connectivity index (χ2v) is 5.01. The van der Waals surface area contributed by atoms with Crippen molar-refractivity contribution in [2.45, 2.75) is 24.9 Å². The standard InChI is InChI=1S/C15H19N3O6/c16-8-12(19)17-10(6-9-4-2-1-3-5-9)14(22)18-11(15(23)24)7-13(20)21/h1-5,10-11H,6-8,16H2,(H,17,19)(H,18,22)(H,20,21)(H,23,24)/t10-,11-/m0/s1. The number of nitrogens with one attached hydrogen (secondary N) is 2. The van der Waals surface area contributed by atoms with Crippen LogP contribution in [0.2, 0.25) is 0 Å². The molecule has 9 heteroatoms. The zero-order chi connectivity index (χ0) is 18.1. The van der Waals surface area contributed by atoms with Crippen LogP contribution in [0.4, 0.5) is 0 Å². The first-order valence-electron chi connectivity index (χ1n) is 7.11. The number of aliphatic carboxylic acids is 2. The van der Waals surface area contributed by atoms with Crippen molar-refractivity contribution in [2.75, 3.05) is 6.54 Å². The third-order valence-corrected chi connectivity index (χ3v) is 3.11. The van der Waals surface area contributed by atoms with Crippen molar-refractivity contribution in [2.24, 2.45) is 5.73 Å². The molecule has 1 rings (SSSR count). The first-order valence-corrected chi connectivity index (χ1v) is 7.11. The van der Waals surface area contributed by atoms with Crippen molar-refractivity contribution in [1.29, 1.82) is 0 Å². The number of carboxylic acids is 2. The van der Waals surface area contributed by atoms with Gasteiger partial charge in [-0.3, -0.25) is 14.4 Å². The fourth-order valence-corrected chi connectivity index (χ4v) is 1.96. The summed E-state index contributed by atoms with van der Waals surface area (Å²) in [4.78, 5) is 45.5. The molecule has 130 valence electrons. The largest absolute Gasteiger partial charge is 0.481 e. The van der Waals surface area contributed by atoms with Gasteiger partial charge in [0.2, 0.25) is 11.8 Å². The smallest absolute Gasteiger partial charge is 0.326 e. The minimum atomic E-state index is -1.59. The van der Waals surface area contributed by atoms with E-state index in [1.54, 1.807) is 30.3 Å². The Morgan fingerprint density at radius 1 is 1.00 bits per heavy atom. The van der Waals surface area contributed by atoms with Gasteiger partial charge in [-0.2, -0.15) is 0 Å². The quantitative estimate of drug-likeness (QED) is 0.375. The Bertz CT molecular complexity index is 604. The molecular weight excluding hydrogens is 318 g/mol. The molecule has 1 aromatic carbocycles. The lowest BCUT2D eigenvalue weighted by Crippen LogP contribution is -2.53. The average molecular weight is 337 g/mol. The summed E-state index contributed by atoms with van der Waals surface area (Å²) in [6, 6.07) is 6.09. The number of benzene rings is 1. The van der Waals surface area contributed by atoms with Crippen molar-refractivity contribution in [3.8, 4) is 0 Å². The van der Waals surface area contributed by atoms with Gasteiger partial charge in [0.1, 0.15) is 12.1 Å². The summed E-state index contributed by atoms with van der Waals surface area (Å²) in [6.45, 7) is -0.337. The van der Waals surface area contributed by atoms with E-state index in [0.717, 1.165) is 5.56 Å². The van der Waals surface area contributed by atoms with E-state index in [-0.39, 0.29) is 13.0 Å². The van der Waals surface area contributed by atoms with Crippen LogP contribution in [0, 0.1) is 0 Å². The summed E-state index contributed by atoms with van der Waals surface area (Å²) in [6.07, 6.45) is -0.665. The van der Waals surface area contributed by atoms with E-state index in [0.29, 0.717) is 0 Å². The summed E-state index contributed by atoms with van der Waals surface area (Å²) in [5, 5.41) is 22.2. The van der Waals surface area contributed by atoms with E-state index >= 15 is 0 Å². The molecule has 0 heterocycles. The number of amides is 2. The molecule has 24 heavy (non-hydrogen) atoms. The van der Waals surface area contributed by atoms with Crippen LogP contribution in [0.1, 0.15) is 12.0 Å². The average Bonchev–Trinajstić information content (AvgIpc) is 2.53. The molecule has 1 aromatic rings. The second kappa shape index (κ2) is 9.26. The highest BCUT2D eigenvalue weighted by molar-refractivity contribution is 5.92. The number of carbonyl (C=O) groups excluding carboxylic acids is 2. The van der Waals surface area contributed by atoms with E-state index in [1.807, 2.05) is 0 Å². The molecule has 0 saturated carbocycles. The molecule has 0 aliphatic heterocycles. The van der Waals surface area contributed by atoms with Crippen molar-refractivity contribution < 1.29 is 29.4 Å². The predicted molar refractivity (Wildman–Crippen MR) is 83.0 cm³/mol. The van der Waals surface area contributed by atoms with Gasteiger partial charge in [-0.25, -0.2) is 4.79 Å². The first-order chi connectivity index (χ1) is 11.3. The predicted octanol–water partition coefficient (Wildman–Crippen LogP) is -1.28. The van der Waals surface area contributed by atoms with E-state index in [2.05, 4.69) is 10.6 Å². The molecular formula is C15H19N3O6. The molecule has 0 aromatic heterocycles. The molecule has 0 fully saturated rings. The van der Waals surface area contributed by atoms with Crippen LogP contribution >= 0.6 is 0 Å². The molecule has 9 nitrogen and oxygen atoms in total. The Kier molecular flexibility index (Phi) is 7.37. The minimum absolute atomic E-state index is 0.109. The Hall–Kier alpha value is -2.94. The van der Waals surface area contributed by atoms with Crippen LogP contribution in [-0.4, -0.2) is 52.6 Å². The van der Waals surface area contributed by atoms with Crippen LogP contribution in [0.25, 0.3) is 0 Å². The first kappa shape index (κ1) is 19.1. The summed E-state index contributed by atoms with van der Waals surface area (Å²) < 4.78 is 0. The lowest BCUT2D eigenvalue weighted by atomic mass is 10.0. The molecule has 0 saturated heterocycles. The highest BCUT2D eigenvalue weighted by Crippen LogP contribution is 2.04. The molecule has 2 atom stereocenters. The maximum atomic E-state index is 12.3. The molecule has 0 aliphatic carbocycles. The SMILES string of the molecule is NCC(=O)N[C@@H](Cc1ccccc1)C(=O)N[C@@H](CC(=O)O)C(=O)O. The highest BCUT2D eigenvalue weighted by Gasteiger charge is 2.28. The van der Waals surface area contributed by atoms with E-state index in [1.165, 1.54) is 0 Å². The highest BCUT2D eigenvalue weighted by atomic mass is 16.4. The van der Waals surface area contributed by atoms with Crippen molar-refractivity contribution in [3.05, 3.63) is 35.9 Å². The van der Waals surface area contributed by atoms with Gasteiger partial charge >= 0.3 is 11.9 Å². The lowest BCUT2D eigenvalue weighted by Gasteiger charge is -2.20. The molecule has 0 spiro atoms. The minimum Gasteiger partial charge on any atom is -0.481 e. The summed E-state index contributed by atoms with van der Waals surface area (Å²) in [7, 11) is 0. The number of rotatable bonds is 9. The Balaban J connectivity index is 2.87. The number of hydrogen-bond donors (Lipinski definition) is 5. The lowest BCUT2D eigenvalue weighted by molar-refractivity contribution is -0.147. The van der Waals surface area contributed by atoms with E-state index in [4.69, 9.17) is 15.9 Å². The molecule has 0 radical (unpaired) electrons. The summed E-state index contributed by atoms with van der Waals surface area (Å²) in [5.74, 6) is -4.23. The maximum absolute atomic E-state index is 12.3. The van der Waals surface area contributed by atoms with Gasteiger partial charge in [0.15, 0.2) is 0 Å². The van der Waals surface area contributed by atoms with Crippen molar-refractivity contribution >= 4 is 23.8 Å². The number of carboxylic acid groups (broad SMARTS) is 2. The fraction of sp³-hybridized carbons (Fsp3) is 0.333. The molecule has 0 unspecified atom stereocenters. The second-order valence-electron chi connectivity index (χ2n) is 5.01. The van der Waals surface area contributed by atoms with E-state index < -0.39 is 42.3 Å². The zero-order valence-electron chi connectivity index (χ0n) is 12.8. The van der Waals surface area contributed by atoms with Gasteiger partial charge in [-0.15, -0.1) is 0 Å². The van der Waals surface area contributed by atoms with Crippen LogP contribution in [-0.2, 0) is 25.6 Å². The van der Waals surface area contributed by atoms with Crippen LogP contribution in [0.3, 0.4) is 0 Å². The van der Waals surface area contributed by atoms with Gasteiger partial charge in [-0.05, 0) is 5.56 Å². The van der Waals surface area contributed by atoms with Gasteiger partial charge in [0.25, 0.3) is 0 Å². The van der Waals surface area contributed by atoms with Crippen LogP contribution in [0.15, 0.2) is 30.3 Å². The third-order valence-electron chi connectivity index (χ3n) is 3.11. The number of hydrogen-bond acceptors (Lipinski definition) is 5. The Morgan fingerprint density at radius 2 is 1.62 bits per heavy atom. The van der Waals surface area contributed by atoms with Crippen LogP contribution in [0.5, 0.6) is 0 Å². The molecule has 2 amide bonds. The monoisotopic (exact) mass is 337 g/mol. The number of carbonyl (C=O) groups is 4. The van der Waals surface area contributed by atoms with Gasteiger partial charge < -0.3 is 26.6 Å². The van der Waals surface area contributed by atoms with Crippen molar-refractivity contribution in [1.82, 2.24) is 10.6 Å². The maximum Gasteiger partial charge on any atom is 0.326 e.